The number of thioether (sulfide) groups is 1. The summed E-state index contributed by atoms with van der Waals surface area (Å²) in [6.07, 6.45) is 3.13. The Kier molecular flexibility index (Phi) is 10.9. The highest BCUT2D eigenvalue weighted by atomic mass is 79.9. The fourth-order valence-electron chi connectivity index (χ4n) is 5.73. The zero-order chi connectivity index (χ0) is 33.6. The Hall–Kier alpha value is -4.00. The number of aromatic nitrogens is 3. The van der Waals surface area contributed by atoms with E-state index in [4.69, 9.17) is 35.9 Å². The van der Waals surface area contributed by atoms with Crippen LogP contribution >= 0.6 is 39.3 Å². The summed E-state index contributed by atoms with van der Waals surface area (Å²) in [4.78, 5) is 33.3. The van der Waals surface area contributed by atoms with E-state index in [9.17, 15) is 9.59 Å². The van der Waals surface area contributed by atoms with Gasteiger partial charge in [0.25, 0.3) is 5.91 Å². The summed E-state index contributed by atoms with van der Waals surface area (Å²) in [7, 11) is 1.54. The van der Waals surface area contributed by atoms with Crippen molar-refractivity contribution in [3.05, 3.63) is 104 Å². The van der Waals surface area contributed by atoms with Crippen molar-refractivity contribution in [1.82, 2.24) is 19.7 Å². The normalized spacial score (nSPS) is 15.8. The van der Waals surface area contributed by atoms with Crippen LogP contribution in [-0.4, -0.2) is 58.3 Å². The quantitative estimate of drug-likeness (QED) is 0.124. The number of halogens is 2. The Morgan fingerprint density at radius 3 is 2.56 bits per heavy atom. The van der Waals surface area contributed by atoms with E-state index >= 15 is 0 Å². The van der Waals surface area contributed by atoms with E-state index in [-0.39, 0.29) is 19.1 Å². The van der Waals surface area contributed by atoms with Crippen LogP contribution in [0.25, 0.3) is 0 Å². The SMILES string of the molecule is COc1cc(C2C(C(=O)OCc3ccccc3)=C(C)Nc3nc(SCc4ccccc4Cl)nn32)cc(Br)c1OCC(=O)N1CCCCC1. The number of nitrogens with one attached hydrogen (secondary N) is 1. The Morgan fingerprint density at radius 2 is 1.81 bits per heavy atom. The van der Waals surface area contributed by atoms with E-state index in [1.165, 1.54) is 18.9 Å². The molecule has 0 bridgehead atoms. The second-order valence-electron chi connectivity index (χ2n) is 11.4. The number of fused-ring (bicyclic) bond motifs is 1. The van der Waals surface area contributed by atoms with Crippen molar-refractivity contribution in [1.29, 1.82) is 0 Å². The first-order chi connectivity index (χ1) is 23.3. The van der Waals surface area contributed by atoms with Gasteiger partial charge in [-0.25, -0.2) is 9.48 Å². The maximum Gasteiger partial charge on any atom is 0.338 e. The van der Waals surface area contributed by atoms with E-state index in [2.05, 4.69) is 21.2 Å². The molecular weight excluding hydrogens is 718 g/mol. The number of allylic oxidation sites excluding steroid dienone is 1. The standard InChI is InChI=1S/C35H35BrClN5O5S/c1-22-30(33(44)47-19-23-11-5-3-6-12-23)31(42-34(38-22)39-35(40-42)48-21-24-13-7-8-14-27(24)37)25-17-26(36)32(28(18-25)45-2)46-20-29(43)41-15-9-4-10-16-41/h3,5-8,11-14,17-18,31H,4,9-10,15-16,19-21H2,1-2H3,(H,38,39,40). The van der Waals surface area contributed by atoms with Crippen LogP contribution in [-0.2, 0) is 26.7 Å². The molecule has 2 aliphatic heterocycles. The zero-order valence-corrected chi connectivity index (χ0v) is 29.7. The molecule has 1 amide bonds. The van der Waals surface area contributed by atoms with Gasteiger partial charge in [-0.2, -0.15) is 4.98 Å². The van der Waals surface area contributed by atoms with Crippen LogP contribution in [0.3, 0.4) is 0 Å². The van der Waals surface area contributed by atoms with E-state index in [1.54, 1.807) is 10.7 Å². The molecule has 250 valence electrons. The van der Waals surface area contributed by atoms with Gasteiger partial charge in [-0.15, -0.1) is 5.10 Å². The Labute approximate surface area is 296 Å². The number of hydrogen-bond acceptors (Lipinski definition) is 9. The van der Waals surface area contributed by atoms with Gasteiger partial charge in [-0.1, -0.05) is 71.9 Å². The Morgan fingerprint density at radius 1 is 1.06 bits per heavy atom. The minimum absolute atomic E-state index is 0.0674. The van der Waals surface area contributed by atoms with Crippen molar-refractivity contribution in [3.63, 3.8) is 0 Å². The summed E-state index contributed by atoms with van der Waals surface area (Å²) in [5, 5.41) is 9.28. The highest BCUT2D eigenvalue weighted by molar-refractivity contribution is 9.10. The molecule has 0 aliphatic carbocycles. The summed E-state index contributed by atoms with van der Waals surface area (Å²) in [6, 6.07) is 20.1. The smallest absolute Gasteiger partial charge is 0.338 e. The molecule has 0 spiro atoms. The third-order valence-electron chi connectivity index (χ3n) is 8.20. The van der Waals surface area contributed by atoms with E-state index < -0.39 is 12.0 Å². The molecule has 3 heterocycles. The summed E-state index contributed by atoms with van der Waals surface area (Å²) in [5.41, 5.74) is 3.46. The van der Waals surface area contributed by atoms with Gasteiger partial charge in [-0.3, -0.25) is 4.79 Å². The molecule has 2 aliphatic rings. The van der Waals surface area contributed by atoms with Gasteiger partial charge < -0.3 is 24.4 Å². The van der Waals surface area contributed by atoms with Gasteiger partial charge in [-0.05, 0) is 77.0 Å². The Balaban J connectivity index is 1.32. The molecule has 0 saturated carbocycles. The number of carbonyl (C=O) groups excluding carboxylic acids is 2. The summed E-state index contributed by atoms with van der Waals surface area (Å²) < 4.78 is 19.9. The van der Waals surface area contributed by atoms with Gasteiger partial charge in [0, 0.05) is 29.6 Å². The first-order valence-corrected chi connectivity index (χ1v) is 17.8. The van der Waals surface area contributed by atoms with Crippen molar-refractivity contribution in [2.75, 3.05) is 32.1 Å². The lowest BCUT2D eigenvalue weighted by Gasteiger charge is -2.29. The van der Waals surface area contributed by atoms with Crippen molar-refractivity contribution in [2.24, 2.45) is 0 Å². The number of hydrogen-bond donors (Lipinski definition) is 1. The van der Waals surface area contributed by atoms with Crippen LogP contribution in [0.5, 0.6) is 11.5 Å². The minimum Gasteiger partial charge on any atom is -0.493 e. The number of piperidine rings is 1. The van der Waals surface area contributed by atoms with E-state index in [0.717, 1.165) is 43.5 Å². The van der Waals surface area contributed by atoms with Crippen molar-refractivity contribution < 1.29 is 23.8 Å². The van der Waals surface area contributed by atoms with Crippen LogP contribution in [0.1, 0.15) is 48.9 Å². The lowest BCUT2D eigenvalue weighted by molar-refractivity contribution is -0.141. The van der Waals surface area contributed by atoms with Gasteiger partial charge in [0.15, 0.2) is 18.1 Å². The summed E-state index contributed by atoms with van der Waals surface area (Å²) in [5.74, 6) is 1.26. The molecule has 1 unspecified atom stereocenters. The van der Waals surface area contributed by atoms with Crippen LogP contribution in [0.15, 0.2) is 87.6 Å². The monoisotopic (exact) mass is 751 g/mol. The average molecular weight is 753 g/mol. The molecular formula is C35H35BrClN5O5S. The van der Waals surface area contributed by atoms with Crippen LogP contribution < -0.4 is 14.8 Å². The van der Waals surface area contributed by atoms with Gasteiger partial charge in [0.05, 0.1) is 17.2 Å². The highest BCUT2D eigenvalue weighted by Gasteiger charge is 2.36. The lowest BCUT2D eigenvalue weighted by Crippen LogP contribution is -2.38. The number of ether oxygens (including phenoxy) is 3. The predicted octanol–water partition coefficient (Wildman–Crippen LogP) is 7.42. The third-order valence-corrected chi connectivity index (χ3v) is 10.0. The van der Waals surface area contributed by atoms with E-state index in [0.29, 0.717) is 54.7 Å². The third kappa shape index (κ3) is 7.66. The van der Waals surface area contributed by atoms with Crippen LogP contribution in [0.2, 0.25) is 5.02 Å². The van der Waals surface area contributed by atoms with Crippen molar-refractivity contribution >= 4 is 57.1 Å². The van der Waals surface area contributed by atoms with Crippen molar-refractivity contribution in [3.8, 4) is 11.5 Å². The molecule has 1 aromatic heterocycles. The second kappa shape index (κ2) is 15.5. The first kappa shape index (κ1) is 33.9. The van der Waals surface area contributed by atoms with Gasteiger partial charge >= 0.3 is 5.97 Å². The molecule has 1 N–H and O–H groups in total. The molecule has 4 aromatic rings. The average Bonchev–Trinajstić information content (AvgIpc) is 3.51. The molecule has 1 saturated heterocycles. The topological polar surface area (TPSA) is 108 Å². The zero-order valence-electron chi connectivity index (χ0n) is 26.6. The summed E-state index contributed by atoms with van der Waals surface area (Å²) in [6.45, 7) is 3.29. The molecule has 6 rings (SSSR count). The number of likely N-dealkylation sites (tertiary alicyclic amines) is 1. The number of esters is 1. The fourth-order valence-corrected chi connectivity index (χ4v) is 7.42. The highest BCUT2D eigenvalue weighted by Crippen LogP contribution is 2.43. The predicted molar refractivity (Wildman–Crippen MR) is 188 cm³/mol. The number of benzene rings is 3. The second-order valence-corrected chi connectivity index (χ2v) is 13.6. The maximum atomic E-state index is 13.9. The van der Waals surface area contributed by atoms with E-state index in [1.807, 2.05) is 72.5 Å². The largest absolute Gasteiger partial charge is 0.493 e. The molecule has 1 fully saturated rings. The number of carbonyl (C=O) groups is 2. The molecule has 1 atom stereocenters. The van der Waals surface area contributed by atoms with Crippen molar-refractivity contribution in [2.45, 2.75) is 49.7 Å². The number of nitrogens with zero attached hydrogens (tertiary/aromatic N) is 4. The molecule has 13 heteroatoms. The number of anilines is 1. The maximum absolute atomic E-state index is 13.9. The lowest BCUT2D eigenvalue weighted by atomic mass is 9.95. The van der Waals surface area contributed by atoms with Crippen LogP contribution in [0, 0.1) is 0 Å². The number of methoxy groups -OCH3 is 1. The molecule has 0 radical (unpaired) electrons. The first-order valence-electron chi connectivity index (χ1n) is 15.6. The number of amides is 1. The molecule has 3 aromatic carbocycles. The summed E-state index contributed by atoms with van der Waals surface area (Å²) >= 11 is 11.5. The van der Waals surface area contributed by atoms with Gasteiger partial charge in [0.1, 0.15) is 12.6 Å². The molecule has 48 heavy (non-hydrogen) atoms. The Bertz CT molecular complexity index is 1830. The minimum atomic E-state index is -0.721. The van der Waals surface area contributed by atoms with Gasteiger partial charge in [0.2, 0.25) is 11.1 Å². The molecule has 10 nitrogen and oxygen atoms in total. The van der Waals surface area contributed by atoms with Crippen LogP contribution in [0.4, 0.5) is 5.95 Å². The fraction of sp³-hybridized carbons (Fsp3) is 0.314. The number of rotatable bonds is 11.